The normalized spacial score (nSPS) is 18.7. The van der Waals surface area contributed by atoms with Gasteiger partial charge in [0, 0.05) is 22.5 Å². The van der Waals surface area contributed by atoms with Gasteiger partial charge in [-0.3, -0.25) is 14.9 Å². The lowest BCUT2D eigenvalue weighted by atomic mass is 9.89. The lowest BCUT2D eigenvalue weighted by molar-refractivity contribution is -0.383. The second-order valence-corrected chi connectivity index (χ2v) is 6.84. The molecular weight excluding hydrogens is 383 g/mol. The third-order valence-corrected chi connectivity index (χ3v) is 4.49. The summed E-state index contributed by atoms with van der Waals surface area (Å²) in [5.41, 5.74) is -1.05. The number of halogens is 2. The molecule has 26 heavy (non-hydrogen) atoms. The number of nitrogens with one attached hydrogen (secondary N) is 1. The van der Waals surface area contributed by atoms with Crippen LogP contribution in [0.25, 0.3) is 0 Å². The van der Waals surface area contributed by atoms with Crippen molar-refractivity contribution in [2.75, 3.05) is 5.32 Å². The summed E-state index contributed by atoms with van der Waals surface area (Å²) in [5.74, 6) is -1.35. The van der Waals surface area contributed by atoms with Crippen molar-refractivity contribution < 1.29 is 19.2 Å². The molecule has 9 heteroatoms. The minimum absolute atomic E-state index is 0.0430. The number of ether oxygens (including phenoxy) is 1. The molecule has 0 aliphatic carbocycles. The molecular formula is C17H12Cl2N2O5. The molecule has 7 nitrogen and oxygen atoms in total. The van der Waals surface area contributed by atoms with Gasteiger partial charge in [-0.05, 0) is 42.8 Å². The highest BCUT2D eigenvalue weighted by Crippen LogP contribution is 2.33. The predicted octanol–water partition coefficient (Wildman–Crippen LogP) is 4.01. The van der Waals surface area contributed by atoms with Crippen LogP contribution in [0.5, 0.6) is 0 Å². The lowest BCUT2D eigenvalue weighted by Crippen LogP contribution is -2.49. The number of nitrogens with zero attached hydrogens (tertiary/aromatic N) is 1. The summed E-state index contributed by atoms with van der Waals surface area (Å²) in [6.45, 7) is 1.44. The number of esters is 1. The molecule has 1 amide bonds. The average Bonchev–Trinajstić information content (AvgIpc) is 2.55. The van der Waals surface area contributed by atoms with Crippen LogP contribution in [0.15, 0.2) is 36.4 Å². The standard InChI is InChI=1S/C17H12Cl2N2O5/c1-17(8-9-6-10(18)2-4-12(9)15(22)26-17)16(23)20-13-5-3-11(19)7-14(13)21(24)25/h2-7H,8H2,1H3,(H,20,23). The van der Waals surface area contributed by atoms with Crippen molar-refractivity contribution >= 4 is 46.5 Å². The molecule has 1 aliphatic heterocycles. The van der Waals surface area contributed by atoms with Gasteiger partial charge in [-0.15, -0.1) is 0 Å². The van der Waals surface area contributed by atoms with Gasteiger partial charge in [0.05, 0.1) is 10.5 Å². The summed E-state index contributed by atoms with van der Waals surface area (Å²) in [4.78, 5) is 35.4. The van der Waals surface area contributed by atoms with E-state index in [1.807, 2.05) is 0 Å². The Morgan fingerprint density at radius 2 is 1.88 bits per heavy atom. The van der Waals surface area contributed by atoms with Gasteiger partial charge < -0.3 is 10.1 Å². The molecule has 134 valence electrons. The second kappa shape index (κ2) is 6.59. The summed E-state index contributed by atoms with van der Waals surface area (Å²) in [7, 11) is 0. The van der Waals surface area contributed by atoms with Crippen LogP contribution in [-0.4, -0.2) is 22.4 Å². The number of fused-ring (bicyclic) bond motifs is 1. The third-order valence-electron chi connectivity index (χ3n) is 4.02. The molecule has 0 fully saturated rings. The van der Waals surface area contributed by atoms with Gasteiger partial charge in [0.2, 0.25) is 0 Å². The summed E-state index contributed by atoms with van der Waals surface area (Å²) in [6.07, 6.45) is 0.0852. The number of nitro groups is 1. The van der Waals surface area contributed by atoms with Crippen molar-refractivity contribution in [1.29, 1.82) is 0 Å². The Morgan fingerprint density at radius 3 is 2.58 bits per heavy atom. The fraction of sp³-hybridized carbons (Fsp3) is 0.176. The van der Waals surface area contributed by atoms with Crippen LogP contribution in [0.3, 0.4) is 0 Å². The second-order valence-electron chi connectivity index (χ2n) is 5.97. The molecule has 1 atom stereocenters. The number of hydrogen-bond donors (Lipinski definition) is 1. The van der Waals surface area contributed by atoms with Crippen LogP contribution in [0.4, 0.5) is 11.4 Å². The first-order valence-electron chi connectivity index (χ1n) is 7.47. The number of anilines is 1. The van der Waals surface area contributed by atoms with Crippen molar-refractivity contribution in [3.63, 3.8) is 0 Å². The van der Waals surface area contributed by atoms with Gasteiger partial charge in [-0.1, -0.05) is 23.2 Å². The minimum Gasteiger partial charge on any atom is -0.445 e. The van der Waals surface area contributed by atoms with E-state index in [4.69, 9.17) is 27.9 Å². The maximum absolute atomic E-state index is 12.7. The molecule has 1 aliphatic rings. The molecule has 0 aromatic heterocycles. The zero-order valence-electron chi connectivity index (χ0n) is 13.4. The van der Waals surface area contributed by atoms with Crippen molar-refractivity contribution in [3.8, 4) is 0 Å². The highest BCUT2D eigenvalue weighted by Gasteiger charge is 2.43. The molecule has 1 unspecified atom stereocenters. The maximum Gasteiger partial charge on any atom is 0.339 e. The molecule has 0 saturated carbocycles. The monoisotopic (exact) mass is 394 g/mol. The number of hydrogen-bond acceptors (Lipinski definition) is 5. The molecule has 1 heterocycles. The molecule has 3 rings (SSSR count). The Balaban J connectivity index is 1.91. The Kier molecular flexibility index (Phi) is 4.60. The number of carbonyl (C=O) groups excluding carboxylic acids is 2. The van der Waals surface area contributed by atoms with Crippen LogP contribution < -0.4 is 5.32 Å². The van der Waals surface area contributed by atoms with E-state index < -0.39 is 22.4 Å². The van der Waals surface area contributed by atoms with Crippen LogP contribution >= 0.6 is 23.2 Å². The number of cyclic esters (lactones) is 1. The van der Waals surface area contributed by atoms with Crippen LogP contribution in [-0.2, 0) is 16.0 Å². The molecule has 2 aromatic carbocycles. The van der Waals surface area contributed by atoms with Gasteiger partial charge in [0.15, 0.2) is 5.60 Å². The Hall–Kier alpha value is -2.64. The summed E-state index contributed by atoms with van der Waals surface area (Å²) < 4.78 is 5.31. The largest absolute Gasteiger partial charge is 0.445 e. The first-order chi connectivity index (χ1) is 12.2. The van der Waals surface area contributed by atoms with Gasteiger partial charge in [0.1, 0.15) is 5.69 Å². The number of benzene rings is 2. The number of nitro benzene ring substituents is 1. The van der Waals surface area contributed by atoms with E-state index in [2.05, 4.69) is 5.32 Å². The quantitative estimate of drug-likeness (QED) is 0.481. The fourth-order valence-corrected chi connectivity index (χ4v) is 3.07. The first-order valence-corrected chi connectivity index (χ1v) is 8.22. The number of carbonyl (C=O) groups is 2. The van der Waals surface area contributed by atoms with Crippen molar-refractivity contribution in [2.24, 2.45) is 0 Å². The van der Waals surface area contributed by atoms with Gasteiger partial charge in [0.25, 0.3) is 11.6 Å². The summed E-state index contributed by atoms with van der Waals surface area (Å²) >= 11 is 11.7. The summed E-state index contributed by atoms with van der Waals surface area (Å²) in [5, 5.41) is 14.2. The first kappa shape index (κ1) is 18.2. The molecule has 0 saturated heterocycles. The molecule has 0 spiro atoms. The van der Waals surface area contributed by atoms with E-state index in [9.17, 15) is 19.7 Å². The van der Waals surface area contributed by atoms with E-state index in [0.717, 1.165) is 6.07 Å². The van der Waals surface area contributed by atoms with E-state index in [0.29, 0.717) is 16.1 Å². The topological polar surface area (TPSA) is 98.5 Å². The van der Waals surface area contributed by atoms with Crippen LogP contribution in [0, 0.1) is 10.1 Å². The van der Waals surface area contributed by atoms with Crippen molar-refractivity contribution in [2.45, 2.75) is 18.9 Å². The Morgan fingerprint density at radius 1 is 1.23 bits per heavy atom. The zero-order valence-corrected chi connectivity index (χ0v) is 14.9. The maximum atomic E-state index is 12.7. The SMILES string of the molecule is CC1(C(=O)Nc2ccc(Cl)cc2[N+](=O)[O-])Cc2cc(Cl)ccc2C(=O)O1. The molecule has 2 aromatic rings. The van der Waals surface area contributed by atoms with Crippen LogP contribution in [0.2, 0.25) is 10.0 Å². The highest BCUT2D eigenvalue weighted by molar-refractivity contribution is 6.31. The highest BCUT2D eigenvalue weighted by atomic mass is 35.5. The van der Waals surface area contributed by atoms with Crippen molar-refractivity contribution in [3.05, 3.63) is 67.7 Å². The van der Waals surface area contributed by atoms with Gasteiger partial charge in [-0.25, -0.2) is 4.79 Å². The molecule has 0 radical (unpaired) electrons. The fourth-order valence-electron chi connectivity index (χ4n) is 2.71. The molecule has 0 bridgehead atoms. The van der Waals surface area contributed by atoms with Gasteiger partial charge >= 0.3 is 5.97 Å². The number of rotatable bonds is 3. The van der Waals surface area contributed by atoms with E-state index in [1.54, 1.807) is 12.1 Å². The molecule has 1 N–H and O–H groups in total. The minimum atomic E-state index is -1.54. The average molecular weight is 395 g/mol. The number of amides is 1. The Labute approximate surface area is 158 Å². The summed E-state index contributed by atoms with van der Waals surface area (Å²) in [6, 6.07) is 8.53. The Bertz CT molecular complexity index is 947. The van der Waals surface area contributed by atoms with Crippen molar-refractivity contribution in [1.82, 2.24) is 0 Å². The predicted molar refractivity (Wildman–Crippen MR) is 95.7 cm³/mol. The zero-order chi connectivity index (χ0) is 19.1. The van der Waals surface area contributed by atoms with Gasteiger partial charge in [-0.2, -0.15) is 0 Å². The third kappa shape index (κ3) is 3.36. The van der Waals surface area contributed by atoms with E-state index in [-0.39, 0.29) is 22.8 Å². The van der Waals surface area contributed by atoms with E-state index >= 15 is 0 Å². The lowest BCUT2D eigenvalue weighted by Gasteiger charge is -2.33. The smallest absolute Gasteiger partial charge is 0.339 e. The van der Waals surface area contributed by atoms with Crippen LogP contribution in [0.1, 0.15) is 22.8 Å². The van der Waals surface area contributed by atoms with E-state index in [1.165, 1.54) is 25.1 Å².